The van der Waals surface area contributed by atoms with Gasteiger partial charge in [0.25, 0.3) is 0 Å². The number of nitrogens with zero attached hydrogens (tertiary/aromatic N) is 4. The van der Waals surface area contributed by atoms with Gasteiger partial charge >= 0.3 is 0 Å². The van der Waals surface area contributed by atoms with Crippen LogP contribution in [-0.4, -0.2) is 9.13 Å². The van der Waals surface area contributed by atoms with Gasteiger partial charge in [0, 0.05) is 38.3 Å². The molecule has 5 nitrogen and oxygen atoms in total. The average Bonchev–Trinajstić information content (AvgIpc) is 3.82. The van der Waals surface area contributed by atoms with Crippen LogP contribution in [0.25, 0.3) is 88.1 Å². The van der Waals surface area contributed by atoms with Crippen molar-refractivity contribution in [3.05, 3.63) is 157 Å². The van der Waals surface area contributed by atoms with Crippen LogP contribution in [0.15, 0.2) is 150 Å². The minimum absolute atomic E-state index is 0.438. The molecule has 0 atom stereocenters. The van der Waals surface area contributed by atoms with Crippen molar-refractivity contribution in [1.82, 2.24) is 9.13 Å². The van der Waals surface area contributed by atoms with E-state index in [0.29, 0.717) is 11.1 Å². The molecular formula is C44H24N4O. The molecule has 49 heavy (non-hydrogen) atoms. The summed E-state index contributed by atoms with van der Waals surface area (Å²) in [5, 5.41) is 26.2. The van der Waals surface area contributed by atoms with Gasteiger partial charge in [-0.25, -0.2) is 0 Å². The Bertz CT molecular complexity index is 3040. The van der Waals surface area contributed by atoms with E-state index in [2.05, 4.69) is 124 Å². The first-order chi connectivity index (χ1) is 24.2. The van der Waals surface area contributed by atoms with Crippen LogP contribution in [-0.2, 0) is 0 Å². The fraction of sp³-hybridized carbons (Fsp3) is 0. The highest BCUT2D eigenvalue weighted by Gasteiger charge is 2.20. The third-order valence-corrected chi connectivity index (χ3v) is 9.73. The summed E-state index contributed by atoms with van der Waals surface area (Å²) >= 11 is 0. The third-order valence-electron chi connectivity index (χ3n) is 9.73. The first kappa shape index (κ1) is 27.1. The lowest BCUT2D eigenvalue weighted by Gasteiger charge is -2.10. The summed E-state index contributed by atoms with van der Waals surface area (Å²) in [5.41, 5.74) is 10.8. The summed E-state index contributed by atoms with van der Waals surface area (Å²) in [5.74, 6) is 0. The van der Waals surface area contributed by atoms with Crippen LogP contribution in [0.1, 0.15) is 11.1 Å². The Morgan fingerprint density at radius 1 is 0.429 bits per heavy atom. The standard InChI is InChI=1S/C44H24N4O/c45-25-27-20-28(26-46)22-32(21-27)48-40-18-15-30(24-37(40)43-41(48)19-16-35-34-11-5-7-13-42(34)49-44(35)43)29-14-17-39-36(23-29)33-10-4-6-12-38(33)47(39)31-8-2-1-3-9-31/h1-24H. The third kappa shape index (κ3) is 3.91. The second-order valence-electron chi connectivity index (χ2n) is 12.4. The molecule has 7 aromatic carbocycles. The van der Waals surface area contributed by atoms with E-state index in [-0.39, 0.29) is 0 Å². The van der Waals surface area contributed by atoms with E-state index in [1.165, 1.54) is 16.3 Å². The van der Waals surface area contributed by atoms with Crippen LogP contribution in [0.3, 0.4) is 0 Å². The highest BCUT2D eigenvalue weighted by molar-refractivity contribution is 6.24. The van der Waals surface area contributed by atoms with Crippen molar-refractivity contribution in [2.24, 2.45) is 0 Å². The van der Waals surface area contributed by atoms with Crippen LogP contribution in [0.4, 0.5) is 0 Å². The van der Waals surface area contributed by atoms with Crippen molar-refractivity contribution in [3.63, 3.8) is 0 Å². The number of fused-ring (bicyclic) bond motifs is 10. The maximum absolute atomic E-state index is 9.81. The first-order valence-electron chi connectivity index (χ1n) is 16.1. The van der Waals surface area contributed by atoms with Gasteiger partial charge < -0.3 is 13.6 Å². The van der Waals surface area contributed by atoms with Crippen LogP contribution >= 0.6 is 0 Å². The van der Waals surface area contributed by atoms with Gasteiger partial charge in [-0.2, -0.15) is 10.5 Å². The van der Waals surface area contributed by atoms with Gasteiger partial charge in [0.2, 0.25) is 0 Å². The Balaban J connectivity index is 1.27. The number of hydrogen-bond donors (Lipinski definition) is 0. The number of rotatable bonds is 3. The van der Waals surface area contributed by atoms with Gasteiger partial charge in [-0.15, -0.1) is 0 Å². The molecule has 5 heteroatoms. The lowest BCUT2D eigenvalue weighted by molar-refractivity contribution is 0.673. The van der Waals surface area contributed by atoms with Crippen LogP contribution in [0, 0.1) is 22.7 Å². The summed E-state index contributed by atoms with van der Waals surface area (Å²) in [4.78, 5) is 0. The lowest BCUT2D eigenvalue weighted by atomic mass is 10.00. The molecule has 3 heterocycles. The molecule has 0 bridgehead atoms. The Labute approximate surface area is 280 Å². The van der Waals surface area contributed by atoms with E-state index in [0.717, 1.165) is 71.8 Å². The normalized spacial score (nSPS) is 11.6. The van der Waals surface area contributed by atoms with Gasteiger partial charge in [-0.3, -0.25) is 0 Å². The molecule has 0 N–H and O–H groups in total. The maximum Gasteiger partial charge on any atom is 0.145 e. The predicted molar refractivity (Wildman–Crippen MR) is 197 cm³/mol. The van der Waals surface area contributed by atoms with Crippen molar-refractivity contribution in [2.45, 2.75) is 0 Å². The summed E-state index contributed by atoms with van der Waals surface area (Å²) in [7, 11) is 0. The smallest absolute Gasteiger partial charge is 0.145 e. The Morgan fingerprint density at radius 2 is 1.02 bits per heavy atom. The van der Waals surface area contributed by atoms with Crippen molar-refractivity contribution in [2.75, 3.05) is 0 Å². The SMILES string of the molecule is N#Cc1cc(C#N)cc(-n2c3ccc(-c4ccc5c(c4)c4ccccc4n5-c4ccccc4)cc3c3c4oc5ccccc5c4ccc32)c1. The van der Waals surface area contributed by atoms with Gasteiger partial charge in [-0.05, 0) is 90.0 Å². The molecule has 0 aliphatic rings. The van der Waals surface area contributed by atoms with Gasteiger partial charge in [0.15, 0.2) is 0 Å². The summed E-state index contributed by atoms with van der Waals surface area (Å²) in [6, 6.07) is 54.4. The highest BCUT2D eigenvalue weighted by Crippen LogP contribution is 2.42. The fourth-order valence-electron chi connectivity index (χ4n) is 7.62. The van der Waals surface area contributed by atoms with Crippen LogP contribution < -0.4 is 0 Å². The Morgan fingerprint density at radius 3 is 1.78 bits per heavy atom. The van der Waals surface area contributed by atoms with E-state index in [1.54, 1.807) is 6.07 Å². The number of hydrogen-bond acceptors (Lipinski definition) is 3. The molecular weight excluding hydrogens is 601 g/mol. The molecule has 10 rings (SSSR count). The Hall–Kier alpha value is -7.08. The van der Waals surface area contributed by atoms with Crippen molar-refractivity contribution in [3.8, 4) is 34.6 Å². The molecule has 0 aliphatic heterocycles. The quantitative estimate of drug-likeness (QED) is 0.196. The van der Waals surface area contributed by atoms with Crippen molar-refractivity contribution >= 4 is 65.6 Å². The average molecular weight is 625 g/mol. The monoisotopic (exact) mass is 624 g/mol. The molecule has 10 aromatic rings. The van der Waals surface area contributed by atoms with Crippen molar-refractivity contribution < 1.29 is 4.42 Å². The van der Waals surface area contributed by atoms with Gasteiger partial charge in [-0.1, -0.05) is 66.7 Å². The van der Waals surface area contributed by atoms with Gasteiger partial charge in [0.1, 0.15) is 11.2 Å². The second kappa shape index (κ2) is 10.2. The predicted octanol–water partition coefficient (Wildman–Crippen LogP) is 11.2. The maximum atomic E-state index is 9.81. The van der Waals surface area contributed by atoms with E-state index in [4.69, 9.17) is 4.42 Å². The second-order valence-corrected chi connectivity index (χ2v) is 12.4. The topological polar surface area (TPSA) is 70.6 Å². The molecule has 0 aliphatic carbocycles. The molecule has 0 fully saturated rings. The number of furan rings is 1. The van der Waals surface area contributed by atoms with Crippen molar-refractivity contribution in [1.29, 1.82) is 10.5 Å². The fourth-order valence-corrected chi connectivity index (χ4v) is 7.62. The van der Waals surface area contributed by atoms with E-state index in [9.17, 15) is 10.5 Å². The lowest BCUT2D eigenvalue weighted by Crippen LogP contribution is -1.96. The van der Waals surface area contributed by atoms with E-state index in [1.807, 2.05) is 36.4 Å². The van der Waals surface area contributed by atoms with Crippen LogP contribution in [0.2, 0.25) is 0 Å². The number of aromatic nitrogens is 2. The zero-order valence-electron chi connectivity index (χ0n) is 26.1. The molecule has 0 saturated heterocycles. The molecule has 0 radical (unpaired) electrons. The van der Waals surface area contributed by atoms with Gasteiger partial charge in [0.05, 0.1) is 50.7 Å². The summed E-state index contributed by atoms with van der Waals surface area (Å²) < 4.78 is 11.1. The molecule has 0 spiro atoms. The molecule has 0 unspecified atom stereocenters. The summed E-state index contributed by atoms with van der Waals surface area (Å²) in [6.07, 6.45) is 0. The molecule has 3 aromatic heterocycles. The first-order valence-corrected chi connectivity index (χ1v) is 16.1. The minimum Gasteiger partial charge on any atom is -0.455 e. The zero-order chi connectivity index (χ0) is 32.6. The number of nitriles is 2. The molecule has 0 amide bonds. The highest BCUT2D eigenvalue weighted by atomic mass is 16.3. The minimum atomic E-state index is 0.438. The number of para-hydroxylation sites is 3. The van der Waals surface area contributed by atoms with Crippen LogP contribution in [0.5, 0.6) is 0 Å². The molecule has 0 saturated carbocycles. The Kier molecular flexibility index (Phi) is 5.64. The zero-order valence-corrected chi connectivity index (χ0v) is 26.1. The molecule has 226 valence electrons. The summed E-state index contributed by atoms with van der Waals surface area (Å²) in [6.45, 7) is 0. The van der Waals surface area contributed by atoms with E-state index >= 15 is 0 Å². The van der Waals surface area contributed by atoms with E-state index < -0.39 is 0 Å². The largest absolute Gasteiger partial charge is 0.455 e. The number of benzene rings is 7.